The van der Waals surface area contributed by atoms with Crippen LogP contribution in [0.5, 0.6) is 6.01 Å². The van der Waals surface area contributed by atoms with Gasteiger partial charge < -0.3 is 9.30 Å². The molecule has 0 unspecified atom stereocenters. The molecule has 6 aliphatic rings. The molecule has 0 aromatic carbocycles. The van der Waals surface area contributed by atoms with E-state index in [1.165, 1.54) is 7.05 Å². The molecule has 21 heavy (non-hydrogen) atoms. The second-order valence-electron chi connectivity index (χ2n) is 7.23. The second-order valence-corrected chi connectivity index (χ2v) is 7.23. The monoisotopic (exact) mass is 296 g/mol. The number of hydrogen-bond acceptors (Lipinski definition) is 3. The first kappa shape index (κ1) is 11.1. The van der Waals surface area contributed by atoms with Gasteiger partial charge in [0, 0.05) is 13.2 Å². The summed E-state index contributed by atoms with van der Waals surface area (Å²) in [6.07, 6.45) is -3.67. The van der Waals surface area contributed by atoms with Crippen LogP contribution in [0.3, 0.4) is 0 Å². The number of halogens is 3. The third-order valence-electron chi connectivity index (χ3n) is 7.14. The van der Waals surface area contributed by atoms with Crippen molar-refractivity contribution in [1.29, 1.82) is 0 Å². The fourth-order valence-electron chi connectivity index (χ4n) is 6.69. The molecule has 6 saturated carbocycles. The van der Waals surface area contributed by atoms with Crippen LogP contribution in [0, 0.1) is 46.8 Å². The van der Waals surface area contributed by atoms with Crippen LogP contribution in [-0.4, -0.2) is 15.5 Å². The number of aromatic nitrogens is 2. The molecule has 0 saturated heterocycles. The molecule has 1 aromatic heterocycles. The number of hydrogen-bond donors (Lipinski definition) is 0. The number of nitrogens with zero attached hydrogens (tertiary/aromatic N) is 2. The first-order valence-corrected chi connectivity index (χ1v) is 7.21. The lowest BCUT2D eigenvalue weighted by Gasteiger charge is -3.06. The van der Waals surface area contributed by atoms with Gasteiger partial charge in [-0.1, -0.05) is 0 Å². The van der Waals surface area contributed by atoms with Gasteiger partial charge in [-0.05, 0) is 41.4 Å². The number of aryl methyl sites for hydroxylation is 1. The minimum Gasteiger partial charge on any atom is -0.392 e. The smallest absolute Gasteiger partial charge is 0.392 e. The average molecular weight is 296 g/mol. The quantitative estimate of drug-likeness (QED) is 0.780. The van der Waals surface area contributed by atoms with Crippen molar-refractivity contribution in [3.05, 3.63) is 11.9 Å². The maximum absolute atomic E-state index is 12.6. The number of carbonyl (C=O) groups is 1. The number of imidazole rings is 1. The Labute approximate surface area is 117 Å². The van der Waals surface area contributed by atoms with Crippen molar-refractivity contribution in [2.24, 2.45) is 53.9 Å². The Balaban J connectivity index is 1.28. The van der Waals surface area contributed by atoms with Gasteiger partial charge in [0.1, 0.15) is 0 Å². The lowest BCUT2D eigenvalue weighted by molar-refractivity contribution is -0.598. The standard InChI is InChI=1S/C14H11F3N2O2/c1-19-2-3(14(15,16)17)18-12(19)21-11(20)13-8-5-4-6(8)10(13)7(4)9(5)13/h2,4-10H,1H3. The molecule has 110 valence electrons. The number of ether oxygens (including phenoxy) is 1. The van der Waals surface area contributed by atoms with Gasteiger partial charge in [-0.25, -0.2) is 0 Å². The highest BCUT2D eigenvalue weighted by molar-refractivity contribution is 5.88. The van der Waals surface area contributed by atoms with Crippen LogP contribution in [0.2, 0.25) is 0 Å². The summed E-state index contributed by atoms with van der Waals surface area (Å²) in [5.74, 6) is 4.13. The topological polar surface area (TPSA) is 44.1 Å². The molecule has 6 fully saturated rings. The third kappa shape index (κ3) is 0.774. The van der Waals surface area contributed by atoms with Gasteiger partial charge in [-0.15, -0.1) is 0 Å². The van der Waals surface area contributed by atoms with E-state index in [0.717, 1.165) is 34.4 Å². The van der Waals surface area contributed by atoms with Crippen LogP contribution in [-0.2, 0) is 18.0 Å². The van der Waals surface area contributed by atoms with Crippen LogP contribution in [0.4, 0.5) is 13.2 Å². The largest absolute Gasteiger partial charge is 0.435 e. The molecule has 7 rings (SSSR count). The van der Waals surface area contributed by atoms with E-state index in [1.54, 1.807) is 0 Å². The minimum atomic E-state index is -4.52. The van der Waals surface area contributed by atoms with Gasteiger partial charge in [-0.2, -0.15) is 18.2 Å². The van der Waals surface area contributed by atoms with Gasteiger partial charge in [-0.3, -0.25) is 4.79 Å². The molecule has 1 aromatic rings. The number of carbonyl (C=O) groups excluding carboxylic acids is 1. The van der Waals surface area contributed by atoms with Crippen molar-refractivity contribution >= 4 is 5.97 Å². The molecule has 0 N–H and O–H groups in total. The molecular weight excluding hydrogens is 285 g/mol. The van der Waals surface area contributed by atoms with Crippen LogP contribution in [0.25, 0.3) is 0 Å². The Kier molecular flexibility index (Phi) is 1.38. The van der Waals surface area contributed by atoms with Crippen LogP contribution in [0.1, 0.15) is 5.69 Å². The molecule has 1 heterocycles. The SMILES string of the molecule is Cn1cc(C(F)(F)F)nc1OC(=O)C12C3C4C5C3C1C5C42. The van der Waals surface area contributed by atoms with Crippen molar-refractivity contribution in [1.82, 2.24) is 9.55 Å². The van der Waals surface area contributed by atoms with E-state index in [0.29, 0.717) is 17.8 Å². The normalized spacial score (nSPS) is 52.7. The van der Waals surface area contributed by atoms with E-state index < -0.39 is 11.9 Å². The first-order chi connectivity index (χ1) is 9.88. The van der Waals surface area contributed by atoms with Crippen LogP contribution < -0.4 is 4.74 Å². The molecule has 7 heteroatoms. The highest BCUT2D eigenvalue weighted by Crippen LogP contribution is 3.05. The van der Waals surface area contributed by atoms with Crippen molar-refractivity contribution < 1.29 is 22.7 Å². The zero-order valence-electron chi connectivity index (χ0n) is 11.0. The van der Waals surface area contributed by atoms with Crippen LogP contribution in [0.15, 0.2) is 6.20 Å². The lowest BCUT2D eigenvalue weighted by atomic mass is 8.96. The Bertz CT molecular complexity index is 686. The summed E-state index contributed by atoms with van der Waals surface area (Å²) in [6, 6.07) is -0.249. The fraction of sp³-hybridized carbons (Fsp3) is 0.714. The van der Waals surface area contributed by atoms with Crippen molar-refractivity contribution in [2.45, 2.75) is 6.18 Å². The third-order valence-corrected chi connectivity index (χ3v) is 7.14. The van der Waals surface area contributed by atoms with E-state index in [4.69, 9.17) is 4.74 Å². The molecule has 0 radical (unpaired) electrons. The molecular formula is C14H11F3N2O2. The van der Waals surface area contributed by atoms with E-state index in [9.17, 15) is 18.0 Å². The van der Waals surface area contributed by atoms with Gasteiger partial charge in [0.2, 0.25) is 0 Å². The Hall–Kier alpha value is -1.53. The summed E-state index contributed by atoms with van der Waals surface area (Å²) >= 11 is 0. The summed E-state index contributed by atoms with van der Waals surface area (Å²) in [5.41, 5.74) is -1.36. The van der Waals surface area contributed by atoms with Crippen molar-refractivity contribution in [3.63, 3.8) is 0 Å². The van der Waals surface area contributed by atoms with E-state index in [1.807, 2.05) is 0 Å². The number of rotatable bonds is 2. The molecule has 4 nitrogen and oxygen atoms in total. The Morgan fingerprint density at radius 1 is 1.24 bits per heavy atom. The first-order valence-electron chi connectivity index (χ1n) is 7.21. The van der Waals surface area contributed by atoms with Gasteiger partial charge in [0.15, 0.2) is 5.69 Å². The molecule has 0 spiro atoms. The highest BCUT2D eigenvalue weighted by atomic mass is 19.4. The zero-order chi connectivity index (χ0) is 14.5. The average Bonchev–Trinajstić information content (AvgIpc) is 2.80. The summed E-state index contributed by atoms with van der Waals surface area (Å²) < 4.78 is 44.2. The minimum absolute atomic E-state index is 0.249. The summed E-state index contributed by atoms with van der Waals surface area (Å²) in [4.78, 5) is 15.9. The highest BCUT2D eigenvalue weighted by Gasteiger charge is 3.06. The number of esters is 1. The number of alkyl halides is 3. The summed E-state index contributed by atoms with van der Waals surface area (Å²) in [6.45, 7) is 0. The van der Waals surface area contributed by atoms with Crippen molar-refractivity contribution in [3.8, 4) is 6.01 Å². The van der Waals surface area contributed by atoms with E-state index in [-0.39, 0.29) is 17.4 Å². The molecule has 0 bridgehead atoms. The molecule has 0 atom stereocenters. The predicted octanol–water partition coefficient (Wildman–Crippen LogP) is 1.71. The van der Waals surface area contributed by atoms with Gasteiger partial charge in [0.05, 0.1) is 5.41 Å². The maximum atomic E-state index is 12.6. The zero-order valence-corrected chi connectivity index (χ0v) is 11.0. The van der Waals surface area contributed by atoms with Gasteiger partial charge in [0.25, 0.3) is 0 Å². The maximum Gasteiger partial charge on any atom is 0.435 e. The molecule has 0 aliphatic heterocycles. The van der Waals surface area contributed by atoms with Crippen molar-refractivity contribution in [2.75, 3.05) is 0 Å². The predicted molar refractivity (Wildman–Crippen MR) is 60.7 cm³/mol. The Morgan fingerprint density at radius 2 is 1.81 bits per heavy atom. The molecule has 0 amide bonds. The van der Waals surface area contributed by atoms with E-state index >= 15 is 0 Å². The van der Waals surface area contributed by atoms with Gasteiger partial charge >= 0.3 is 18.2 Å². The summed E-state index contributed by atoms with van der Waals surface area (Å²) in [5, 5.41) is 0. The fourth-order valence-corrected chi connectivity index (χ4v) is 6.69. The summed E-state index contributed by atoms with van der Waals surface area (Å²) in [7, 11) is 1.41. The molecule has 6 aliphatic carbocycles. The van der Waals surface area contributed by atoms with Crippen LogP contribution >= 0.6 is 0 Å². The lowest BCUT2D eigenvalue weighted by Crippen LogP contribution is -3.06. The Morgan fingerprint density at radius 3 is 2.29 bits per heavy atom. The second kappa shape index (κ2) is 2.61. The van der Waals surface area contributed by atoms with E-state index in [2.05, 4.69) is 4.98 Å².